The van der Waals surface area contributed by atoms with E-state index in [1.165, 1.54) is 86.8 Å². The molecule has 0 unspecified atom stereocenters. The smallest absolute Gasteiger partial charge is 0.358 e. The number of hydrogen-bond acceptors (Lipinski definition) is 0. The first-order chi connectivity index (χ1) is 23.0. The van der Waals surface area contributed by atoms with Gasteiger partial charge in [0.05, 0.1) is 0 Å². The zero-order chi connectivity index (χ0) is 32.1. The molecule has 0 nitrogen and oxygen atoms in total. The van der Waals surface area contributed by atoms with Crippen LogP contribution in [0.15, 0.2) is 158 Å². The number of fused-ring (bicyclic) bond motifs is 2. The molecule has 8 rings (SSSR count). The van der Waals surface area contributed by atoms with Crippen LogP contribution in [0.4, 0.5) is 0 Å². The molecule has 50 heavy (non-hydrogen) atoms. The van der Waals surface area contributed by atoms with E-state index in [2.05, 4.69) is 185 Å². The maximum Gasteiger partial charge on any atom is 4.00 e. The van der Waals surface area contributed by atoms with Gasteiger partial charge in [0.25, 0.3) is 0 Å². The first-order valence-corrected chi connectivity index (χ1v) is 18.6. The second-order valence-electron chi connectivity index (χ2n) is 13.1. The second kappa shape index (κ2) is 14.9. The van der Waals surface area contributed by atoms with Crippen LogP contribution in [-0.4, -0.2) is 8.07 Å². The van der Waals surface area contributed by atoms with Crippen LogP contribution in [0.25, 0.3) is 43.8 Å². The summed E-state index contributed by atoms with van der Waals surface area (Å²) in [6.45, 7) is 8.95. The summed E-state index contributed by atoms with van der Waals surface area (Å²) in [6.07, 6.45) is 0. The first kappa shape index (κ1) is 36.9. The van der Waals surface area contributed by atoms with Crippen LogP contribution in [-0.2, 0) is 25.8 Å². The third-order valence-corrected chi connectivity index (χ3v) is 15.0. The molecule has 2 heteroatoms. The Bertz CT molecular complexity index is 2180. The van der Waals surface area contributed by atoms with Gasteiger partial charge in [-0.05, 0) is 71.4 Å². The fourth-order valence-electron chi connectivity index (χ4n) is 8.19. The fraction of sp³-hybridized carbons (Fsp3) is 0.0833. The molecule has 0 radical (unpaired) electrons. The average Bonchev–Trinajstić information content (AvgIpc) is 3.72. The Morgan fingerprint density at radius 1 is 0.400 bits per heavy atom. The Morgan fingerprint density at radius 3 is 1.10 bits per heavy atom. The molecule has 0 heterocycles. The molecular weight excluding hydrogens is 783 g/mol. The number of hydrogen-bond donors (Lipinski definition) is 0. The third kappa shape index (κ3) is 5.93. The summed E-state index contributed by atoms with van der Waals surface area (Å²) in [7, 11) is -2.77. The van der Waals surface area contributed by atoms with Crippen LogP contribution in [0, 0.1) is 42.5 Å². The van der Waals surface area contributed by atoms with Crippen molar-refractivity contribution < 1.29 is 25.8 Å². The molecule has 0 aromatic heterocycles. The van der Waals surface area contributed by atoms with Crippen molar-refractivity contribution >= 4 is 50.4 Å². The fourth-order valence-corrected chi connectivity index (χ4v) is 13.0. The molecule has 244 valence electrons. The Morgan fingerprint density at radius 2 is 0.740 bits per heavy atom. The van der Waals surface area contributed by atoms with Crippen molar-refractivity contribution in [1.82, 2.24) is 0 Å². The molecule has 0 aliphatic heterocycles. The summed E-state index contributed by atoms with van der Waals surface area (Å²) >= 11 is 0. The quantitative estimate of drug-likeness (QED) is 0.116. The van der Waals surface area contributed by atoms with E-state index in [-0.39, 0.29) is 40.7 Å². The predicted octanol–water partition coefficient (Wildman–Crippen LogP) is 10.3. The van der Waals surface area contributed by atoms with Gasteiger partial charge in [0.2, 0.25) is 0 Å². The Balaban J connectivity index is 0.00000162. The second-order valence-corrected chi connectivity index (χ2v) is 16.9. The van der Waals surface area contributed by atoms with Gasteiger partial charge in [0.15, 0.2) is 0 Å². The zero-order valence-electron chi connectivity index (χ0n) is 30.0. The van der Waals surface area contributed by atoms with E-state index in [0.29, 0.717) is 0 Å². The van der Waals surface area contributed by atoms with Crippen molar-refractivity contribution in [3.05, 3.63) is 195 Å². The van der Waals surface area contributed by atoms with Gasteiger partial charge in [-0.3, -0.25) is 0 Å². The van der Waals surface area contributed by atoms with E-state index in [0.717, 1.165) is 0 Å². The van der Waals surface area contributed by atoms with Crippen molar-refractivity contribution in [1.29, 1.82) is 0 Å². The van der Waals surface area contributed by atoms with Gasteiger partial charge in [0.1, 0.15) is 8.07 Å². The topological polar surface area (TPSA) is 0 Å². The van der Waals surface area contributed by atoms with Gasteiger partial charge >= 0.3 is 25.8 Å². The number of benzene rings is 6. The largest absolute Gasteiger partial charge is 4.00 e. The summed E-state index contributed by atoms with van der Waals surface area (Å²) in [5, 5.41) is 10.9. The molecule has 8 aromatic carbocycles. The molecule has 0 fully saturated rings. The number of aryl methyl sites for hydroxylation is 4. The van der Waals surface area contributed by atoms with Crippen LogP contribution < -0.4 is 20.7 Å². The van der Waals surface area contributed by atoms with Crippen molar-refractivity contribution in [3.63, 3.8) is 0 Å². The van der Waals surface area contributed by atoms with Crippen molar-refractivity contribution in [2.24, 2.45) is 0 Å². The number of rotatable bonds is 6. The Labute approximate surface area is 319 Å². The Kier molecular flexibility index (Phi) is 11.0. The van der Waals surface area contributed by atoms with Crippen LogP contribution >= 0.6 is 0 Å². The Hall–Kier alpha value is -4.37. The summed E-state index contributed by atoms with van der Waals surface area (Å²) in [5.41, 5.74) is 10.6. The molecule has 8 aromatic rings. The van der Waals surface area contributed by atoms with Crippen LogP contribution in [0.5, 0.6) is 0 Å². The van der Waals surface area contributed by atoms with Gasteiger partial charge in [-0.15, -0.1) is 68.3 Å². The maximum absolute atomic E-state index is 2.77. The average molecular weight is 827 g/mol. The van der Waals surface area contributed by atoms with Crippen molar-refractivity contribution in [2.75, 3.05) is 0 Å². The summed E-state index contributed by atoms with van der Waals surface area (Å²) in [6, 6.07) is 59.7. The maximum atomic E-state index is 2.53. The van der Waals surface area contributed by atoms with E-state index < -0.39 is 8.07 Å². The van der Waals surface area contributed by atoms with Crippen LogP contribution in [0.2, 0.25) is 0 Å². The molecule has 0 atom stereocenters. The van der Waals surface area contributed by atoms with Gasteiger partial charge in [-0.1, -0.05) is 120 Å². The molecular formula is C48H44HfSi. The summed E-state index contributed by atoms with van der Waals surface area (Å²) in [4.78, 5) is 0. The van der Waals surface area contributed by atoms with Gasteiger partial charge < -0.3 is 14.9 Å². The summed E-state index contributed by atoms with van der Waals surface area (Å²) in [5.74, 6) is 0. The minimum Gasteiger partial charge on any atom is -0.358 e. The molecule has 0 saturated heterocycles. The van der Waals surface area contributed by atoms with Gasteiger partial charge in [-0.25, -0.2) is 0 Å². The van der Waals surface area contributed by atoms with Crippen LogP contribution in [0.1, 0.15) is 22.3 Å². The minimum absolute atomic E-state index is 0. The van der Waals surface area contributed by atoms with Crippen molar-refractivity contribution in [2.45, 2.75) is 27.7 Å². The molecule has 0 amide bonds. The van der Waals surface area contributed by atoms with E-state index in [9.17, 15) is 0 Å². The van der Waals surface area contributed by atoms with E-state index in [4.69, 9.17) is 0 Å². The molecule has 0 saturated carbocycles. The van der Waals surface area contributed by atoms with Crippen molar-refractivity contribution in [3.8, 4) is 22.3 Å². The normalized spacial score (nSPS) is 11.1. The van der Waals surface area contributed by atoms with E-state index in [1.807, 2.05) is 0 Å². The van der Waals surface area contributed by atoms with Gasteiger partial charge in [0, 0.05) is 0 Å². The standard InChI is InChI=1S/C46H38Si.2CH3.Hf/c1-31-15-11-16-32(2)45(31)41-25-13-19-35-27-39(29-43(35)41)47(37-21-7-5-8-22-37,38-23-9-6-10-24-38)40-28-36-20-14-26-42(44(36)30-40)46-33(3)17-12-18-34(46)4;;;/h5-30H,1-4H3;2*1H3;/q-2;2*-1;+4. The van der Waals surface area contributed by atoms with E-state index >= 15 is 0 Å². The molecule has 0 aliphatic rings. The minimum atomic E-state index is -2.77. The van der Waals surface area contributed by atoms with E-state index in [1.54, 1.807) is 0 Å². The monoisotopic (exact) mass is 828 g/mol. The molecule has 0 bridgehead atoms. The van der Waals surface area contributed by atoms with Gasteiger partial charge in [-0.2, -0.15) is 12.1 Å². The molecule has 0 aliphatic carbocycles. The van der Waals surface area contributed by atoms with Crippen LogP contribution in [0.3, 0.4) is 0 Å². The molecule has 0 N–H and O–H groups in total. The SMILES string of the molecule is Cc1cccc(C)c1-c1cccc2[cH-]c([Si](c3ccccc3)(c3ccccc3)c3cc4c(-c5c(C)cccc5C)cccc4[cH-]3)cc12.[CH3-].[CH3-].[Hf+4]. The summed E-state index contributed by atoms with van der Waals surface area (Å²) < 4.78 is 0. The predicted molar refractivity (Wildman–Crippen MR) is 219 cm³/mol. The first-order valence-electron chi connectivity index (χ1n) is 16.6. The molecule has 0 spiro atoms. The zero-order valence-corrected chi connectivity index (χ0v) is 34.6. The third-order valence-electron chi connectivity index (χ3n) is 10.3.